The first-order valence-electron chi connectivity index (χ1n) is 5.64. The molecule has 1 unspecified atom stereocenters. The maximum Gasteiger partial charge on any atom is 0.219 e. The van der Waals surface area contributed by atoms with Gasteiger partial charge in [-0.25, -0.2) is 4.98 Å². The van der Waals surface area contributed by atoms with Crippen molar-refractivity contribution >= 4 is 11.6 Å². The van der Waals surface area contributed by atoms with E-state index in [0.717, 1.165) is 11.1 Å². The van der Waals surface area contributed by atoms with Gasteiger partial charge in [0.2, 0.25) is 5.88 Å². The van der Waals surface area contributed by atoms with Gasteiger partial charge in [-0.05, 0) is 43.2 Å². The third kappa shape index (κ3) is 3.00. The number of aliphatic hydroxyl groups is 1. The Morgan fingerprint density at radius 3 is 2.78 bits per heavy atom. The monoisotopic (exact) mass is 263 g/mol. The molecule has 18 heavy (non-hydrogen) atoms. The molecule has 4 heteroatoms. The Morgan fingerprint density at radius 2 is 2.06 bits per heavy atom. The van der Waals surface area contributed by atoms with E-state index < -0.39 is 6.10 Å². The summed E-state index contributed by atoms with van der Waals surface area (Å²) in [5.41, 5.74) is 1.81. The van der Waals surface area contributed by atoms with Crippen molar-refractivity contribution in [3.63, 3.8) is 0 Å². The smallest absolute Gasteiger partial charge is 0.219 e. The van der Waals surface area contributed by atoms with E-state index in [2.05, 4.69) is 4.98 Å². The van der Waals surface area contributed by atoms with Crippen molar-refractivity contribution in [1.82, 2.24) is 4.98 Å². The molecule has 2 rings (SSSR count). The number of aliphatic hydroxyl groups excluding tert-OH is 1. The molecule has 1 atom stereocenters. The molecule has 1 heterocycles. The molecular formula is C14H14ClNO2. The largest absolute Gasteiger partial charge is 0.437 e. The normalized spacial score (nSPS) is 12.2. The van der Waals surface area contributed by atoms with Crippen molar-refractivity contribution in [1.29, 1.82) is 0 Å². The molecule has 0 spiro atoms. The van der Waals surface area contributed by atoms with E-state index in [4.69, 9.17) is 16.3 Å². The van der Waals surface area contributed by atoms with E-state index in [1.54, 1.807) is 31.3 Å². The molecule has 0 fully saturated rings. The summed E-state index contributed by atoms with van der Waals surface area (Å²) in [7, 11) is 0. The molecular weight excluding hydrogens is 250 g/mol. The summed E-state index contributed by atoms with van der Waals surface area (Å²) in [6, 6.07) is 8.98. The lowest BCUT2D eigenvalue weighted by Crippen LogP contribution is -1.94. The van der Waals surface area contributed by atoms with Crippen molar-refractivity contribution in [2.75, 3.05) is 0 Å². The molecule has 0 saturated carbocycles. The van der Waals surface area contributed by atoms with Gasteiger partial charge in [-0.3, -0.25) is 0 Å². The number of halogens is 1. The van der Waals surface area contributed by atoms with Crippen LogP contribution in [-0.2, 0) is 0 Å². The molecule has 0 aliphatic rings. The van der Waals surface area contributed by atoms with Crippen molar-refractivity contribution in [3.8, 4) is 11.6 Å². The minimum Gasteiger partial charge on any atom is -0.437 e. The number of hydrogen-bond donors (Lipinski definition) is 1. The Kier molecular flexibility index (Phi) is 3.84. The third-order valence-electron chi connectivity index (χ3n) is 2.54. The van der Waals surface area contributed by atoms with Crippen LogP contribution in [0.4, 0.5) is 0 Å². The molecule has 0 amide bonds. The fourth-order valence-corrected chi connectivity index (χ4v) is 1.70. The number of pyridine rings is 1. The molecule has 0 radical (unpaired) electrons. The number of aryl methyl sites for hydroxylation is 1. The fraction of sp³-hybridized carbons (Fsp3) is 0.214. The molecule has 0 aliphatic carbocycles. The maximum atomic E-state index is 9.50. The molecule has 2 aromatic rings. The van der Waals surface area contributed by atoms with Crippen molar-refractivity contribution in [2.45, 2.75) is 20.0 Å². The Labute approximate surface area is 111 Å². The highest BCUT2D eigenvalue weighted by molar-refractivity contribution is 6.32. The van der Waals surface area contributed by atoms with Gasteiger partial charge in [-0.2, -0.15) is 0 Å². The van der Waals surface area contributed by atoms with Crippen LogP contribution in [0, 0.1) is 6.92 Å². The van der Waals surface area contributed by atoms with Crippen molar-refractivity contribution in [3.05, 3.63) is 52.7 Å². The van der Waals surface area contributed by atoms with Crippen LogP contribution in [0.3, 0.4) is 0 Å². The van der Waals surface area contributed by atoms with Gasteiger partial charge in [0.15, 0.2) is 0 Å². The number of nitrogens with zero attached hydrogens (tertiary/aromatic N) is 1. The first-order valence-corrected chi connectivity index (χ1v) is 6.02. The number of rotatable bonds is 3. The number of ether oxygens (including phenoxy) is 1. The highest BCUT2D eigenvalue weighted by Gasteiger charge is 2.07. The highest BCUT2D eigenvalue weighted by Crippen LogP contribution is 2.30. The molecule has 0 saturated heterocycles. The van der Waals surface area contributed by atoms with Gasteiger partial charge in [0, 0.05) is 12.3 Å². The second kappa shape index (κ2) is 5.38. The Hall–Kier alpha value is -1.58. The lowest BCUT2D eigenvalue weighted by molar-refractivity contribution is 0.198. The van der Waals surface area contributed by atoms with Crippen LogP contribution in [-0.4, -0.2) is 10.1 Å². The van der Waals surface area contributed by atoms with Crippen molar-refractivity contribution in [2.24, 2.45) is 0 Å². The average molecular weight is 264 g/mol. The molecule has 1 N–H and O–H groups in total. The van der Waals surface area contributed by atoms with Gasteiger partial charge in [-0.15, -0.1) is 0 Å². The zero-order valence-corrected chi connectivity index (χ0v) is 11.0. The minimum absolute atomic E-state index is 0.418. The van der Waals surface area contributed by atoms with Gasteiger partial charge in [0.05, 0.1) is 11.1 Å². The van der Waals surface area contributed by atoms with Gasteiger partial charge in [0.1, 0.15) is 5.75 Å². The van der Waals surface area contributed by atoms with Crippen LogP contribution in [0.5, 0.6) is 11.6 Å². The first-order chi connectivity index (χ1) is 8.56. The van der Waals surface area contributed by atoms with Gasteiger partial charge >= 0.3 is 0 Å². The molecule has 1 aromatic heterocycles. The number of aromatic nitrogens is 1. The molecule has 3 nitrogen and oxygen atoms in total. The van der Waals surface area contributed by atoms with Crippen LogP contribution in [0.2, 0.25) is 5.02 Å². The maximum absolute atomic E-state index is 9.50. The van der Waals surface area contributed by atoms with E-state index in [9.17, 15) is 5.11 Å². The summed E-state index contributed by atoms with van der Waals surface area (Å²) >= 11 is 6.05. The van der Waals surface area contributed by atoms with Crippen LogP contribution in [0.15, 0.2) is 36.5 Å². The van der Waals surface area contributed by atoms with Crippen LogP contribution < -0.4 is 4.74 Å². The molecule has 0 aliphatic heterocycles. The number of benzene rings is 1. The summed E-state index contributed by atoms with van der Waals surface area (Å²) in [5.74, 6) is 0.979. The van der Waals surface area contributed by atoms with E-state index in [1.807, 2.05) is 19.1 Å². The van der Waals surface area contributed by atoms with Crippen LogP contribution in [0.1, 0.15) is 24.2 Å². The fourth-order valence-electron chi connectivity index (χ4n) is 1.54. The number of hydrogen-bond acceptors (Lipinski definition) is 3. The second-order valence-electron chi connectivity index (χ2n) is 4.14. The van der Waals surface area contributed by atoms with E-state index in [0.29, 0.717) is 16.7 Å². The zero-order chi connectivity index (χ0) is 13.1. The van der Waals surface area contributed by atoms with Gasteiger partial charge < -0.3 is 9.84 Å². The predicted octanol–water partition coefficient (Wildman–Crippen LogP) is 3.89. The van der Waals surface area contributed by atoms with Crippen LogP contribution in [0.25, 0.3) is 0 Å². The SMILES string of the molecule is Cc1ccc(Cl)c(Oc2cc(C(C)O)ccn2)c1. The molecule has 0 bridgehead atoms. The average Bonchev–Trinajstić information content (AvgIpc) is 2.34. The van der Waals surface area contributed by atoms with Crippen molar-refractivity contribution < 1.29 is 9.84 Å². The van der Waals surface area contributed by atoms with Gasteiger partial charge in [-0.1, -0.05) is 17.7 Å². The third-order valence-corrected chi connectivity index (χ3v) is 2.85. The molecule has 1 aromatic carbocycles. The Morgan fingerprint density at radius 1 is 1.28 bits per heavy atom. The summed E-state index contributed by atoms with van der Waals surface area (Å²) in [5, 5.41) is 10.0. The summed E-state index contributed by atoms with van der Waals surface area (Å²) in [6.07, 6.45) is 1.05. The summed E-state index contributed by atoms with van der Waals surface area (Å²) in [6.45, 7) is 3.65. The highest BCUT2D eigenvalue weighted by atomic mass is 35.5. The predicted molar refractivity (Wildman–Crippen MR) is 71.1 cm³/mol. The Balaban J connectivity index is 2.28. The van der Waals surface area contributed by atoms with E-state index >= 15 is 0 Å². The summed E-state index contributed by atoms with van der Waals surface area (Å²) in [4.78, 5) is 4.10. The minimum atomic E-state index is -0.552. The lowest BCUT2D eigenvalue weighted by Gasteiger charge is -2.09. The lowest BCUT2D eigenvalue weighted by atomic mass is 10.2. The zero-order valence-electron chi connectivity index (χ0n) is 10.2. The van der Waals surface area contributed by atoms with E-state index in [-0.39, 0.29) is 0 Å². The summed E-state index contributed by atoms with van der Waals surface area (Å²) < 4.78 is 5.63. The first kappa shape index (κ1) is 12.9. The second-order valence-corrected chi connectivity index (χ2v) is 4.55. The molecule has 94 valence electrons. The standard InChI is InChI=1S/C14H14ClNO2/c1-9-3-4-12(15)13(7-9)18-14-8-11(10(2)17)5-6-16-14/h3-8,10,17H,1-2H3. The van der Waals surface area contributed by atoms with Crippen LogP contribution >= 0.6 is 11.6 Å². The van der Waals surface area contributed by atoms with E-state index in [1.165, 1.54) is 0 Å². The Bertz CT molecular complexity index is 555. The topological polar surface area (TPSA) is 42.4 Å². The quantitative estimate of drug-likeness (QED) is 0.914. The van der Waals surface area contributed by atoms with Gasteiger partial charge in [0.25, 0.3) is 0 Å².